The monoisotopic (exact) mass is 426 g/mol. The van der Waals surface area contributed by atoms with Crippen molar-refractivity contribution < 1.29 is 9.18 Å². The number of nitrogens with zero attached hydrogens (tertiary/aromatic N) is 3. The summed E-state index contributed by atoms with van der Waals surface area (Å²) < 4.78 is 14.7. The summed E-state index contributed by atoms with van der Waals surface area (Å²) in [4.78, 5) is 28.1. The van der Waals surface area contributed by atoms with Crippen molar-refractivity contribution in [1.82, 2.24) is 25.3 Å². The fourth-order valence-corrected chi connectivity index (χ4v) is 4.08. The first-order chi connectivity index (χ1) is 14.9. The minimum atomic E-state index is -1.27. The van der Waals surface area contributed by atoms with E-state index in [1.54, 1.807) is 18.5 Å². The van der Waals surface area contributed by atoms with E-state index in [1.165, 1.54) is 0 Å². The molecule has 1 amide bonds. The van der Waals surface area contributed by atoms with Crippen molar-refractivity contribution in [1.29, 1.82) is 0 Å². The third kappa shape index (κ3) is 3.96. The van der Waals surface area contributed by atoms with Gasteiger partial charge in [-0.15, -0.1) is 0 Å². The van der Waals surface area contributed by atoms with E-state index in [2.05, 4.69) is 30.6 Å². The highest BCUT2D eigenvalue weighted by molar-refractivity contribution is 5.91. The first-order valence-electron chi connectivity index (χ1n) is 10.5. The second-order valence-electron chi connectivity index (χ2n) is 8.07. The number of aromatic amines is 1. The minimum Gasteiger partial charge on any atom is -0.346 e. The molecule has 164 valence electrons. The number of carbonyl (C=O) groups is 1. The van der Waals surface area contributed by atoms with Crippen molar-refractivity contribution in [3.63, 3.8) is 0 Å². The largest absolute Gasteiger partial charge is 0.346 e. The third-order valence-electron chi connectivity index (χ3n) is 5.81. The van der Waals surface area contributed by atoms with Crippen LogP contribution in [0.1, 0.15) is 45.4 Å². The molecular weight excluding hydrogens is 399 g/mol. The Morgan fingerprint density at radius 3 is 2.81 bits per heavy atom. The fourth-order valence-electron chi connectivity index (χ4n) is 4.08. The Balaban J connectivity index is 1.67. The van der Waals surface area contributed by atoms with Gasteiger partial charge in [-0.25, -0.2) is 19.3 Å². The van der Waals surface area contributed by atoms with Crippen molar-refractivity contribution in [3.8, 4) is 11.4 Å². The van der Waals surface area contributed by atoms with Crippen molar-refractivity contribution >= 4 is 22.8 Å². The molecule has 0 unspecified atom stereocenters. The molecule has 1 aliphatic rings. The van der Waals surface area contributed by atoms with E-state index in [9.17, 15) is 9.18 Å². The van der Waals surface area contributed by atoms with Crippen LogP contribution < -0.4 is 22.1 Å². The van der Waals surface area contributed by atoms with Crippen LogP contribution in [0.15, 0.2) is 30.7 Å². The normalized spacial score (nSPS) is 23.6. The summed E-state index contributed by atoms with van der Waals surface area (Å²) in [6.45, 7) is 1.91. The number of amides is 1. The van der Waals surface area contributed by atoms with Gasteiger partial charge in [0.2, 0.25) is 5.91 Å². The van der Waals surface area contributed by atoms with E-state index in [4.69, 9.17) is 11.5 Å². The van der Waals surface area contributed by atoms with Crippen LogP contribution in [0.25, 0.3) is 22.4 Å². The van der Waals surface area contributed by atoms with Gasteiger partial charge in [0.25, 0.3) is 0 Å². The predicted octanol–water partition coefficient (Wildman–Crippen LogP) is 2.37. The smallest absolute Gasteiger partial charge is 0.221 e. The lowest BCUT2D eigenvalue weighted by molar-refractivity contribution is -0.124. The lowest BCUT2D eigenvalue weighted by Crippen LogP contribution is -2.78. The van der Waals surface area contributed by atoms with E-state index in [-0.39, 0.29) is 11.7 Å². The van der Waals surface area contributed by atoms with Crippen LogP contribution >= 0.6 is 0 Å². The zero-order valence-corrected chi connectivity index (χ0v) is 17.4. The zero-order chi connectivity index (χ0) is 22.1. The molecule has 0 saturated heterocycles. The van der Waals surface area contributed by atoms with E-state index in [0.717, 1.165) is 24.4 Å². The number of nitrogens with one attached hydrogen (secondary N) is 3. The predicted molar refractivity (Wildman–Crippen MR) is 116 cm³/mol. The summed E-state index contributed by atoms with van der Waals surface area (Å²) >= 11 is 0. The van der Waals surface area contributed by atoms with Crippen molar-refractivity contribution in [3.05, 3.63) is 36.5 Å². The number of pyridine rings is 1. The van der Waals surface area contributed by atoms with Gasteiger partial charge in [0, 0.05) is 29.8 Å². The number of aromatic nitrogens is 4. The van der Waals surface area contributed by atoms with Crippen molar-refractivity contribution in [2.75, 3.05) is 5.32 Å². The molecular formula is C21H27FN8O. The van der Waals surface area contributed by atoms with Crippen LogP contribution in [-0.2, 0) is 4.79 Å². The first-order valence-corrected chi connectivity index (χ1v) is 10.5. The van der Waals surface area contributed by atoms with Gasteiger partial charge in [-0.2, -0.15) is 0 Å². The highest BCUT2D eigenvalue weighted by Crippen LogP contribution is 2.34. The first kappa shape index (κ1) is 21.1. The van der Waals surface area contributed by atoms with Crippen LogP contribution in [0.4, 0.5) is 10.2 Å². The molecule has 3 aromatic rings. The molecule has 10 heteroatoms. The molecule has 7 N–H and O–H groups in total. The molecule has 1 saturated carbocycles. The number of anilines is 1. The number of rotatable bonds is 6. The number of hydrogen-bond donors (Lipinski definition) is 5. The molecule has 0 bridgehead atoms. The summed E-state index contributed by atoms with van der Waals surface area (Å²) in [7, 11) is 0. The van der Waals surface area contributed by atoms with Gasteiger partial charge >= 0.3 is 0 Å². The summed E-state index contributed by atoms with van der Waals surface area (Å²) in [5.74, 6) is -0.578. The van der Waals surface area contributed by atoms with Crippen LogP contribution in [0.2, 0.25) is 0 Å². The molecule has 9 nitrogen and oxygen atoms in total. The third-order valence-corrected chi connectivity index (χ3v) is 5.81. The van der Waals surface area contributed by atoms with Gasteiger partial charge in [-0.05, 0) is 44.2 Å². The molecule has 0 radical (unpaired) electrons. The molecule has 1 aliphatic carbocycles. The Labute approximate surface area is 179 Å². The molecule has 4 rings (SSSR count). The van der Waals surface area contributed by atoms with Gasteiger partial charge in [0.15, 0.2) is 17.5 Å². The lowest BCUT2D eigenvalue weighted by atomic mass is 9.79. The quantitative estimate of drug-likeness (QED) is 0.380. The maximum atomic E-state index is 14.7. The Hall–Kier alpha value is -3.11. The van der Waals surface area contributed by atoms with Gasteiger partial charge in [-0.3, -0.25) is 4.79 Å². The molecule has 1 fully saturated rings. The Kier molecular flexibility index (Phi) is 5.59. The summed E-state index contributed by atoms with van der Waals surface area (Å²) in [6.07, 6.45) is 8.06. The van der Waals surface area contributed by atoms with E-state index >= 15 is 0 Å². The Morgan fingerprint density at radius 2 is 2.03 bits per heavy atom. The van der Waals surface area contributed by atoms with Crippen LogP contribution in [0, 0.1) is 5.82 Å². The number of H-pyrrole nitrogens is 1. The second-order valence-corrected chi connectivity index (χ2v) is 8.07. The van der Waals surface area contributed by atoms with Crippen LogP contribution in [0.3, 0.4) is 0 Å². The van der Waals surface area contributed by atoms with Crippen molar-refractivity contribution in [2.24, 2.45) is 11.5 Å². The van der Waals surface area contributed by atoms with E-state index in [1.807, 2.05) is 13.0 Å². The fraction of sp³-hybridized carbons (Fsp3) is 0.429. The van der Waals surface area contributed by atoms with Gasteiger partial charge in [0.05, 0.1) is 6.20 Å². The summed E-state index contributed by atoms with van der Waals surface area (Å²) in [6, 6.07) is 3.69. The Bertz CT molecular complexity index is 1100. The zero-order valence-electron chi connectivity index (χ0n) is 17.4. The van der Waals surface area contributed by atoms with Crippen LogP contribution in [-0.4, -0.2) is 37.2 Å². The number of hydrogen-bond acceptors (Lipinski definition) is 7. The minimum absolute atomic E-state index is 0.0628. The van der Waals surface area contributed by atoms with Gasteiger partial charge in [0.1, 0.15) is 17.0 Å². The van der Waals surface area contributed by atoms with Crippen molar-refractivity contribution in [2.45, 2.75) is 56.8 Å². The van der Waals surface area contributed by atoms with Crippen LogP contribution in [0.5, 0.6) is 0 Å². The maximum absolute atomic E-state index is 14.7. The molecule has 0 spiro atoms. The SMILES string of the molecule is CCCC(=O)N[C@]1(N)CCCC[C@@]1(N)Nc1nc(-c2c[nH]c3ncccc23)ncc1F. The number of nitrogens with two attached hydrogens (primary N) is 2. The molecule has 0 aliphatic heterocycles. The number of fused-ring (bicyclic) bond motifs is 1. The van der Waals surface area contributed by atoms with Gasteiger partial charge in [-0.1, -0.05) is 6.92 Å². The topological polar surface area (TPSA) is 148 Å². The average Bonchev–Trinajstić information content (AvgIpc) is 3.16. The van der Waals surface area contributed by atoms with E-state index in [0.29, 0.717) is 42.7 Å². The standard InChI is InChI=1S/C21H27FN8O/c1-2-6-16(31)29-20(23)8-3-4-9-21(20,24)30-19-15(22)12-27-18(28-19)14-11-26-17-13(14)7-5-10-25-17/h5,7,10-12H,2-4,6,8-9,23-24H2,1H3,(H,25,26)(H,29,31)(H,27,28,30)/t20-,21-/m1/s1. The van der Waals surface area contributed by atoms with Gasteiger partial charge < -0.3 is 27.1 Å². The second kappa shape index (κ2) is 8.20. The molecule has 3 heterocycles. The lowest BCUT2D eigenvalue weighted by Gasteiger charge is -2.49. The highest BCUT2D eigenvalue weighted by atomic mass is 19.1. The average molecular weight is 427 g/mol. The summed E-state index contributed by atoms with van der Waals surface area (Å²) in [5.41, 5.74) is 12.1. The molecule has 31 heavy (non-hydrogen) atoms. The maximum Gasteiger partial charge on any atom is 0.221 e. The molecule has 0 aromatic carbocycles. The number of carbonyl (C=O) groups excluding carboxylic acids is 1. The molecule has 3 aromatic heterocycles. The molecule has 2 atom stereocenters. The summed E-state index contributed by atoms with van der Waals surface area (Å²) in [5, 5.41) is 6.68. The van der Waals surface area contributed by atoms with E-state index < -0.39 is 17.1 Å². The highest BCUT2D eigenvalue weighted by Gasteiger charge is 2.49. The Morgan fingerprint density at radius 1 is 1.26 bits per heavy atom. The number of halogens is 1.